The van der Waals surface area contributed by atoms with E-state index in [0.29, 0.717) is 18.9 Å². The second kappa shape index (κ2) is 9.70. The van der Waals surface area contributed by atoms with Gasteiger partial charge in [-0.05, 0) is 26.2 Å². The fourth-order valence-corrected chi connectivity index (χ4v) is 1.47. The third-order valence-electron chi connectivity index (χ3n) is 1.67. The van der Waals surface area contributed by atoms with Crippen molar-refractivity contribution in [3.63, 3.8) is 0 Å². The molecule has 0 spiro atoms. The number of hydrogen-bond acceptors (Lipinski definition) is 4. The molecule has 0 radical (unpaired) electrons. The molecule has 2 unspecified atom stereocenters. The second-order valence-electron chi connectivity index (χ2n) is 3.21. The first kappa shape index (κ1) is 17.9. The van der Waals surface area contributed by atoms with E-state index in [1.807, 2.05) is 0 Å². The van der Waals surface area contributed by atoms with Gasteiger partial charge in [-0.15, -0.1) is 0 Å². The summed E-state index contributed by atoms with van der Waals surface area (Å²) in [6.45, 7) is 3.28. The van der Waals surface area contributed by atoms with E-state index in [1.54, 1.807) is 13.6 Å². The van der Waals surface area contributed by atoms with Crippen LogP contribution in [0.5, 0.6) is 0 Å². The zero-order chi connectivity index (χ0) is 11.1. The van der Waals surface area contributed by atoms with E-state index in [9.17, 15) is 9.59 Å². The molecule has 7 heteroatoms. The zero-order valence-corrected chi connectivity index (χ0v) is 12.3. The van der Waals surface area contributed by atoms with Crippen LogP contribution in [-0.4, -0.2) is 42.0 Å². The summed E-state index contributed by atoms with van der Waals surface area (Å²) in [4.78, 5) is 30.5. The fourth-order valence-electron chi connectivity index (χ4n) is 0.822. The Hall–Kier alpha value is 0.490. The minimum Gasteiger partial charge on any atom is -1.00 e. The Labute approximate surface area is 115 Å². The molecular weight excluding hydrogens is 226 g/mol. The quantitative estimate of drug-likeness (QED) is 0.257. The molecule has 0 saturated heterocycles. The molecule has 0 heterocycles. The molecule has 15 heavy (non-hydrogen) atoms. The van der Waals surface area contributed by atoms with Crippen molar-refractivity contribution >= 4 is 20.3 Å². The van der Waals surface area contributed by atoms with Crippen molar-refractivity contribution in [1.29, 1.82) is 0 Å². The molecular formula is C8H18N2NaO3P. The molecule has 0 aromatic rings. The van der Waals surface area contributed by atoms with Crippen molar-refractivity contribution in [1.82, 2.24) is 5.32 Å². The number of hydrogen-bond donors (Lipinski definition) is 3. The Bertz CT molecular complexity index is 210. The molecule has 84 valence electrons. The Morgan fingerprint density at radius 3 is 2.67 bits per heavy atom. The Kier molecular flexibility index (Phi) is 11.6. The van der Waals surface area contributed by atoms with Crippen LogP contribution in [0.25, 0.3) is 0 Å². The van der Waals surface area contributed by atoms with Gasteiger partial charge in [-0.25, -0.2) is 0 Å². The van der Waals surface area contributed by atoms with E-state index in [2.05, 4.69) is 5.32 Å². The summed E-state index contributed by atoms with van der Waals surface area (Å²) in [7, 11) is -1.01. The van der Waals surface area contributed by atoms with Gasteiger partial charge in [0.15, 0.2) is 0 Å². The third kappa shape index (κ3) is 9.42. The smallest absolute Gasteiger partial charge is 1.00 e. The number of amides is 1. The third-order valence-corrected chi connectivity index (χ3v) is 2.58. The van der Waals surface area contributed by atoms with Gasteiger partial charge < -0.3 is 22.2 Å². The summed E-state index contributed by atoms with van der Waals surface area (Å²) in [5, 5.41) is 2.45. The van der Waals surface area contributed by atoms with Crippen LogP contribution in [0.3, 0.4) is 0 Å². The number of aldehydes is 1. The Morgan fingerprint density at radius 2 is 2.27 bits per heavy atom. The summed E-state index contributed by atoms with van der Waals surface area (Å²) in [5.74, 6) is -0.346. The minimum atomic E-state index is -1.01. The number of nitrogens with one attached hydrogen (secondary N) is 1. The van der Waals surface area contributed by atoms with Gasteiger partial charge in [0, 0.05) is 8.15 Å². The molecule has 0 aliphatic carbocycles. The first-order valence-electron chi connectivity index (χ1n) is 4.38. The Balaban J connectivity index is -0.000000845. The molecule has 1 amide bonds. The molecule has 3 atom stereocenters. The van der Waals surface area contributed by atoms with Gasteiger partial charge in [-0.3, -0.25) is 4.79 Å². The molecule has 0 bridgehead atoms. The predicted octanol–water partition coefficient (Wildman–Crippen LogP) is -3.46. The van der Waals surface area contributed by atoms with Crippen LogP contribution >= 0.6 is 8.15 Å². The first-order valence-corrected chi connectivity index (χ1v) is 6.31. The SMILES string of the molecule is C[C@@H](C=O)NC(=O)C(N)CCP(C)O.[H-].[Na+]. The average molecular weight is 244 g/mol. The van der Waals surface area contributed by atoms with Crippen molar-refractivity contribution in [2.75, 3.05) is 12.8 Å². The molecule has 0 aromatic carbocycles. The van der Waals surface area contributed by atoms with Crippen molar-refractivity contribution < 1.29 is 45.5 Å². The van der Waals surface area contributed by atoms with Crippen molar-refractivity contribution in [3.8, 4) is 0 Å². The molecule has 0 aromatic heterocycles. The van der Waals surface area contributed by atoms with E-state index < -0.39 is 20.2 Å². The van der Waals surface area contributed by atoms with Gasteiger partial charge in [0.2, 0.25) is 5.91 Å². The van der Waals surface area contributed by atoms with E-state index in [1.165, 1.54) is 0 Å². The fraction of sp³-hybridized carbons (Fsp3) is 0.750. The van der Waals surface area contributed by atoms with Crippen LogP contribution in [0.1, 0.15) is 14.8 Å². The second-order valence-corrected chi connectivity index (χ2v) is 4.97. The number of carbonyl (C=O) groups is 2. The molecule has 0 saturated carbocycles. The van der Waals surface area contributed by atoms with Crippen LogP contribution < -0.4 is 40.6 Å². The van der Waals surface area contributed by atoms with Gasteiger partial charge in [-0.2, -0.15) is 0 Å². The molecule has 0 fully saturated rings. The summed E-state index contributed by atoms with van der Waals surface area (Å²) in [5.41, 5.74) is 5.54. The maximum Gasteiger partial charge on any atom is 1.00 e. The van der Waals surface area contributed by atoms with Gasteiger partial charge in [0.05, 0.1) is 12.1 Å². The summed E-state index contributed by atoms with van der Waals surface area (Å²) < 4.78 is 0. The first-order chi connectivity index (χ1) is 6.47. The van der Waals surface area contributed by atoms with Crippen LogP contribution in [-0.2, 0) is 9.59 Å². The maximum absolute atomic E-state index is 11.3. The maximum atomic E-state index is 11.3. The topological polar surface area (TPSA) is 92.4 Å². The van der Waals surface area contributed by atoms with Crippen molar-refractivity contribution in [3.05, 3.63) is 0 Å². The summed E-state index contributed by atoms with van der Waals surface area (Å²) >= 11 is 0. The molecule has 0 aliphatic rings. The van der Waals surface area contributed by atoms with Crippen molar-refractivity contribution in [2.45, 2.75) is 25.4 Å². The van der Waals surface area contributed by atoms with Crippen LogP contribution in [0.15, 0.2) is 0 Å². The number of rotatable bonds is 6. The Morgan fingerprint density at radius 1 is 1.73 bits per heavy atom. The van der Waals surface area contributed by atoms with E-state index >= 15 is 0 Å². The monoisotopic (exact) mass is 244 g/mol. The predicted molar refractivity (Wildman–Crippen MR) is 57.3 cm³/mol. The average Bonchev–Trinajstić information content (AvgIpc) is 2.13. The molecule has 5 nitrogen and oxygen atoms in total. The van der Waals surface area contributed by atoms with Crippen LogP contribution in [0, 0.1) is 0 Å². The van der Waals surface area contributed by atoms with Crippen LogP contribution in [0.2, 0.25) is 0 Å². The summed E-state index contributed by atoms with van der Waals surface area (Å²) in [6, 6.07) is -1.15. The zero-order valence-electron chi connectivity index (χ0n) is 10.4. The van der Waals surface area contributed by atoms with Crippen molar-refractivity contribution in [2.24, 2.45) is 5.73 Å². The largest absolute Gasteiger partial charge is 1.00 e. The van der Waals surface area contributed by atoms with Gasteiger partial charge in [0.1, 0.15) is 6.29 Å². The molecule has 4 N–H and O–H groups in total. The summed E-state index contributed by atoms with van der Waals surface area (Å²) in [6.07, 6.45) is 1.62. The number of nitrogens with two attached hydrogens (primary N) is 1. The van der Waals surface area contributed by atoms with Crippen LogP contribution in [0.4, 0.5) is 0 Å². The van der Waals surface area contributed by atoms with E-state index in [0.717, 1.165) is 0 Å². The standard InChI is InChI=1S/C8H17N2O3P.Na.H/c1-6(5-11)10-8(12)7(9)3-4-14(2)13;;/h5-7,13H,3-4,9H2,1-2H3,(H,10,12);;/q;+1;-1/t6-,7?,14?;;/m0../s1. The van der Waals surface area contributed by atoms with Gasteiger partial charge in [0.25, 0.3) is 0 Å². The molecule has 0 rings (SSSR count). The van der Waals surface area contributed by atoms with E-state index in [4.69, 9.17) is 10.6 Å². The molecule has 0 aliphatic heterocycles. The number of carbonyl (C=O) groups excluding carboxylic acids is 2. The minimum absolute atomic E-state index is 0. The van der Waals surface area contributed by atoms with Gasteiger partial charge in [-0.1, -0.05) is 0 Å². The van der Waals surface area contributed by atoms with E-state index in [-0.39, 0.29) is 36.9 Å². The van der Waals surface area contributed by atoms with Gasteiger partial charge >= 0.3 is 29.6 Å². The normalized spacial score (nSPS) is 15.7.